The number of benzene rings is 1. The number of ketones is 1. The number of nitriles is 1. The molecule has 3 atom stereocenters. The number of hydrogen-bond acceptors (Lipinski definition) is 5. The van der Waals surface area contributed by atoms with E-state index in [1.165, 1.54) is 7.11 Å². The van der Waals surface area contributed by atoms with Gasteiger partial charge in [0.05, 0.1) is 18.7 Å². The fraction of sp³-hybridized carbons (Fsp3) is 0.571. The van der Waals surface area contributed by atoms with Crippen LogP contribution < -0.4 is 0 Å². The van der Waals surface area contributed by atoms with E-state index in [1.807, 2.05) is 0 Å². The minimum Gasteiger partial charge on any atom is -0.468 e. The van der Waals surface area contributed by atoms with Crippen LogP contribution in [0, 0.1) is 23.2 Å². The lowest BCUT2D eigenvalue weighted by Gasteiger charge is -2.36. The molecule has 0 saturated carbocycles. The van der Waals surface area contributed by atoms with Crippen molar-refractivity contribution in [1.29, 1.82) is 5.26 Å². The second kappa shape index (κ2) is 8.95. The van der Waals surface area contributed by atoms with Crippen molar-refractivity contribution in [3.8, 4) is 6.07 Å². The average molecular weight is 356 g/mol. The van der Waals surface area contributed by atoms with E-state index in [9.17, 15) is 9.59 Å². The highest BCUT2D eigenvalue weighted by molar-refractivity contribution is 5.96. The summed E-state index contributed by atoms with van der Waals surface area (Å²) < 4.78 is 4.95. The van der Waals surface area contributed by atoms with Gasteiger partial charge in [-0.15, -0.1) is 0 Å². The SMILES string of the molecule is COC(=O)[C@@H]1CCCN1C(C)[C@@H](CC(=O)c1cccc(C#N)c1)C(C)C. The van der Waals surface area contributed by atoms with Crippen molar-refractivity contribution in [2.45, 2.75) is 52.1 Å². The summed E-state index contributed by atoms with van der Waals surface area (Å²) in [5.41, 5.74) is 1.07. The molecule has 1 heterocycles. The van der Waals surface area contributed by atoms with Gasteiger partial charge in [0, 0.05) is 18.0 Å². The zero-order valence-corrected chi connectivity index (χ0v) is 16.1. The van der Waals surface area contributed by atoms with E-state index in [0.717, 1.165) is 19.4 Å². The Labute approximate surface area is 155 Å². The second-order valence-corrected chi connectivity index (χ2v) is 7.39. The van der Waals surface area contributed by atoms with Crippen LogP contribution in [0.3, 0.4) is 0 Å². The van der Waals surface area contributed by atoms with Crippen molar-refractivity contribution in [3.05, 3.63) is 35.4 Å². The number of carbonyl (C=O) groups excluding carboxylic acids is 2. The van der Waals surface area contributed by atoms with Gasteiger partial charge in [-0.1, -0.05) is 26.0 Å². The summed E-state index contributed by atoms with van der Waals surface area (Å²) >= 11 is 0. The lowest BCUT2D eigenvalue weighted by molar-refractivity contribution is -0.147. The Morgan fingerprint density at radius 1 is 1.35 bits per heavy atom. The molecule has 0 aromatic heterocycles. The first-order chi connectivity index (χ1) is 12.4. The standard InChI is InChI=1S/C21H28N2O3/c1-14(2)18(12-20(24)17-8-5-7-16(11-17)13-22)15(3)23-10-6-9-19(23)21(25)26-4/h5,7-8,11,14-15,18-19H,6,9-10,12H2,1-4H3/t15?,18-,19-/m0/s1. The largest absolute Gasteiger partial charge is 0.468 e. The van der Waals surface area contributed by atoms with Crippen LogP contribution in [0.5, 0.6) is 0 Å². The van der Waals surface area contributed by atoms with Crippen LogP contribution in [0.1, 0.15) is 56.0 Å². The maximum Gasteiger partial charge on any atom is 0.323 e. The Morgan fingerprint density at radius 2 is 2.08 bits per heavy atom. The van der Waals surface area contributed by atoms with Gasteiger partial charge in [0.1, 0.15) is 6.04 Å². The fourth-order valence-corrected chi connectivity index (χ4v) is 3.97. The Balaban J connectivity index is 2.16. The molecule has 0 aliphatic carbocycles. The molecular formula is C21H28N2O3. The van der Waals surface area contributed by atoms with Crippen molar-refractivity contribution in [1.82, 2.24) is 4.90 Å². The summed E-state index contributed by atoms with van der Waals surface area (Å²) in [6.07, 6.45) is 2.17. The molecule has 1 aromatic carbocycles. The van der Waals surface area contributed by atoms with E-state index in [1.54, 1.807) is 24.3 Å². The minimum absolute atomic E-state index is 0.0430. The Kier molecular flexibility index (Phi) is 6.93. The lowest BCUT2D eigenvalue weighted by atomic mass is 9.82. The zero-order valence-electron chi connectivity index (χ0n) is 16.1. The predicted molar refractivity (Wildman–Crippen MR) is 99.6 cm³/mol. The highest BCUT2D eigenvalue weighted by Crippen LogP contribution is 2.31. The summed E-state index contributed by atoms with van der Waals surface area (Å²) in [5.74, 6) is 0.275. The summed E-state index contributed by atoms with van der Waals surface area (Å²) in [6, 6.07) is 8.82. The Bertz CT molecular complexity index is 693. The van der Waals surface area contributed by atoms with Gasteiger partial charge in [0.15, 0.2) is 5.78 Å². The third kappa shape index (κ3) is 4.50. The van der Waals surface area contributed by atoms with Crippen molar-refractivity contribution in [2.75, 3.05) is 13.7 Å². The summed E-state index contributed by atoms with van der Waals surface area (Å²) in [4.78, 5) is 27.1. The number of esters is 1. The number of Topliss-reactive ketones (excluding diaryl/α,β-unsaturated/α-hetero) is 1. The topological polar surface area (TPSA) is 70.4 Å². The molecule has 0 amide bonds. The van der Waals surface area contributed by atoms with E-state index in [-0.39, 0.29) is 29.8 Å². The molecular weight excluding hydrogens is 328 g/mol. The van der Waals surface area contributed by atoms with Gasteiger partial charge in [0.25, 0.3) is 0 Å². The third-order valence-electron chi connectivity index (χ3n) is 5.50. The predicted octanol–water partition coefficient (Wildman–Crippen LogP) is 3.43. The van der Waals surface area contributed by atoms with E-state index in [0.29, 0.717) is 23.5 Å². The van der Waals surface area contributed by atoms with Crippen LogP contribution in [-0.2, 0) is 9.53 Å². The molecule has 5 heteroatoms. The third-order valence-corrected chi connectivity index (χ3v) is 5.50. The van der Waals surface area contributed by atoms with Crippen LogP contribution in [0.2, 0.25) is 0 Å². The smallest absolute Gasteiger partial charge is 0.323 e. The number of hydrogen-bond donors (Lipinski definition) is 0. The Morgan fingerprint density at radius 3 is 2.69 bits per heavy atom. The Hall–Kier alpha value is -2.19. The molecule has 1 aliphatic heterocycles. The molecule has 0 radical (unpaired) electrons. The summed E-state index contributed by atoms with van der Waals surface area (Å²) in [5, 5.41) is 9.04. The van der Waals surface area contributed by atoms with Gasteiger partial charge in [0.2, 0.25) is 0 Å². The maximum atomic E-state index is 12.8. The molecule has 0 spiro atoms. The van der Waals surface area contributed by atoms with Crippen LogP contribution >= 0.6 is 0 Å². The van der Waals surface area contributed by atoms with Crippen LogP contribution in [0.4, 0.5) is 0 Å². The number of nitrogens with zero attached hydrogens (tertiary/aromatic N) is 2. The monoisotopic (exact) mass is 356 g/mol. The summed E-state index contributed by atoms with van der Waals surface area (Å²) in [6.45, 7) is 7.18. The highest BCUT2D eigenvalue weighted by Gasteiger charge is 2.38. The second-order valence-electron chi connectivity index (χ2n) is 7.39. The molecule has 0 bridgehead atoms. The van der Waals surface area contributed by atoms with Gasteiger partial charge in [-0.25, -0.2) is 0 Å². The quantitative estimate of drug-likeness (QED) is 0.553. The number of methoxy groups -OCH3 is 1. The normalized spacial score (nSPS) is 19.8. The lowest BCUT2D eigenvalue weighted by Crippen LogP contribution is -2.47. The van der Waals surface area contributed by atoms with Crippen molar-refractivity contribution in [2.24, 2.45) is 11.8 Å². The molecule has 1 saturated heterocycles. The molecule has 26 heavy (non-hydrogen) atoms. The molecule has 1 aliphatic rings. The van der Waals surface area contributed by atoms with Crippen LogP contribution in [0.25, 0.3) is 0 Å². The zero-order chi connectivity index (χ0) is 19.3. The molecule has 140 valence electrons. The van der Waals surface area contributed by atoms with Gasteiger partial charge in [-0.2, -0.15) is 5.26 Å². The number of carbonyl (C=O) groups is 2. The number of rotatable bonds is 7. The number of ether oxygens (including phenoxy) is 1. The van der Waals surface area contributed by atoms with E-state index in [4.69, 9.17) is 10.00 Å². The molecule has 5 nitrogen and oxygen atoms in total. The average Bonchev–Trinajstić information content (AvgIpc) is 3.14. The molecule has 0 N–H and O–H groups in total. The summed E-state index contributed by atoms with van der Waals surface area (Å²) in [7, 11) is 1.43. The molecule has 1 unspecified atom stereocenters. The van der Waals surface area contributed by atoms with Gasteiger partial charge < -0.3 is 4.74 Å². The van der Waals surface area contributed by atoms with Crippen molar-refractivity contribution >= 4 is 11.8 Å². The first-order valence-electron chi connectivity index (χ1n) is 9.26. The maximum absolute atomic E-state index is 12.8. The first-order valence-corrected chi connectivity index (χ1v) is 9.26. The van der Waals surface area contributed by atoms with Crippen LogP contribution in [-0.4, -0.2) is 42.4 Å². The fourth-order valence-electron chi connectivity index (χ4n) is 3.97. The van der Waals surface area contributed by atoms with E-state index in [2.05, 4.69) is 31.7 Å². The van der Waals surface area contributed by atoms with Gasteiger partial charge in [-0.3, -0.25) is 14.5 Å². The van der Waals surface area contributed by atoms with E-state index >= 15 is 0 Å². The van der Waals surface area contributed by atoms with Crippen molar-refractivity contribution < 1.29 is 14.3 Å². The molecule has 1 fully saturated rings. The minimum atomic E-state index is -0.215. The molecule has 2 rings (SSSR count). The highest BCUT2D eigenvalue weighted by atomic mass is 16.5. The van der Waals surface area contributed by atoms with E-state index < -0.39 is 0 Å². The van der Waals surface area contributed by atoms with Crippen LogP contribution in [0.15, 0.2) is 24.3 Å². The number of likely N-dealkylation sites (tertiary alicyclic amines) is 1. The van der Waals surface area contributed by atoms with Gasteiger partial charge >= 0.3 is 5.97 Å². The molecule has 1 aromatic rings. The van der Waals surface area contributed by atoms with Gasteiger partial charge in [-0.05, 0) is 50.3 Å². The van der Waals surface area contributed by atoms with Crippen molar-refractivity contribution in [3.63, 3.8) is 0 Å². The first kappa shape index (κ1) is 20.1.